The van der Waals surface area contributed by atoms with E-state index in [2.05, 4.69) is 16.3 Å². The fraction of sp³-hybridized carbons (Fsp3) is 0.211. The smallest absolute Gasteiger partial charge is 0.123 e. The summed E-state index contributed by atoms with van der Waals surface area (Å²) in [6, 6.07) is 14.3. The molecule has 124 valence electrons. The molecule has 0 bridgehead atoms. The summed E-state index contributed by atoms with van der Waals surface area (Å²) < 4.78 is 18.4. The number of hydrogen-bond donors (Lipinski definition) is 2. The molecular formula is C19H20FN3O. The maximum absolute atomic E-state index is 13.1. The summed E-state index contributed by atoms with van der Waals surface area (Å²) in [7, 11) is 1.66. The number of rotatable bonds is 5. The Morgan fingerprint density at radius 1 is 1.17 bits per heavy atom. The molecular weight excluding hydrogens is 305 g/mol. The summed E-state index contributed by atoms with van der Waals surface area (Å²) in [5, 5.41) is 7.40. The Morgan fingerprint density at radius 2 is 1.92 bits per heavy atom. The molecule has 24 heavy (non-hydrogen) atoms. The second-order valence-corrected chi connectivity index (χ2v) is 5.73. The molecule has 3 N–H and O–H groups in total. The maximum Gasteiger partial charge on any atom is 0.123 e. The van der Waals surface area contributed by atoms with Crippen LogP contribution < -0.4 is 10.5 Å². The van der Waals surface area contributed by atoms with E-state index in [0.29, 0.717) is 6.54 Å². The monoisotopic (exact) mass is 325 g/mol. The second-order valence-electron chi connectivity index (χ2n) is 5.73. The van der Waals surface area contributed by atoms with Crippen LogP contribution in [-0.4, -0.2) is 23.9 Å². The minimum absolute atomic E-state index is 0.0105. The molecule has 4 nitrogen and oxygen atoms in total. The van der Waals surface area contributed by atoms with Gasteiger partial charge in [-0.2, -0.15) is 5.10 Å². The van der Waals surface area contributed by atoms with Crippen LogP contribution in [0.3, 0.4) is 0 Å². The summed E-state index contributed by atoms with van der Waals surface area (Å²) in [5.41, 5.74) is 10.7. The van der Waals surface area contributed by atoms with E-state index in [4.69, 9.17) is 10.5 Å². The molecule has 0 aliphatic carbocycles. The van der Waals surface area contributed by atoms with Gasteiger partial charge in [0.1, 0.15) is 11.6 Å². The predicted molar refractivity (Wildman–Crippen MR) is 92.6 cm³/mol. The van der Waals surface area contributed by atoms with Gasteiger partial charge in [0, 0.05) is 23.7 Å². The van der Waals surface area contributed by atoms with Gasteiger partial charge in [-0.25, -0.2) is 4.39 Å². The fourth-order valence-electron chi connectivity index (χ4n) is 2.84. The molecule has 0 saturated heterocycles. The number of nitrogens with two attached hydrogens (primary N) is 1. The first-order chi connectivity index (χ1) is 11.6. The van der Waals surface area contributed by atoms with Gasteiger partial charge in [-0.05, 0) is 54.4 Å². The van der Waals surface area contributed by atoms with Crippen molar-refractivity contribution >= 4 is 0 Å². The lowest BCUT2D eigenvalue weighted by Crippen LogP contribution is -2.14. The molecule has 0 fully saturated rings. The normalized spacial score (nSPS) is 12.2. The molecule has 1 aromatic heterocycles. The number of hydrogen-bond acceptors (Lipinski definition) is 3. The molecule has 0 saturated carbocycles. The molecule has 1 heterocycles. The largest absolute Gasteiger partial charge is 0.496 e. The van der Waals surface area contributed by atoms with Gasteiger partial charge >= 0.3 is 0 Å². The van der Waals surface area contributed by atoms with Crippen molar-refractivity contribution in [3.63, 3.8) is 0 Å². The van der Waals surface area contributed by atoms with Gasteiger partial charge in [0.15, 0.2) is 0 Å². The Kier molecular flexibility index (Phi) is 4.62. The van der Waals surface area contributed by atoms with Crippen LogP contribution in [0.25, 0.3) is 11.3 Å². The van der Waals surface area contributed by atoms with Crippen molar-refractivity contribution in [2.24, 2.45) is 5.73 Å². The van der Waals surface area contributed by atoms with E-state index in [-0.39, 0.29) is 11.7 Å². The van der Waals surface area contributed by atoms with Crippen molar-refractivity contribution in [1.29, 1.82) is 0 Å². The van der Waals surface area contributed by atoms with Crippen LogP contribution in [0.4, 0.5) is 4.39 Å². The summed E-state index contributed by atoms with van der Waals surface area (Å²) in [6.45, 7) is 2.46. The van der Waals surface area contributed by atoms with E-state index in [1.165, 1.54) is 12.1 Å². The average molecular weight is 325 g/mol. The number of methoxy groups -OCH3 is 1. The number of ether oxygens (including phenoxy) is 1. The third-order valence-electron chi connectivity index (χ3n) is 4.17. The molecule has 0 aliphatic rings. The van der Waals surface area contributed by atoms with Crippen molar-refractivity contribution < 1.29 is 9.13 Å². The van der Waals surface area contributed by atoms with Crippen LogP contribution in [0.2, 0.25) is 0 Å². The second kappa shape index (κ2) is 6.84. The van der Waals surface area contributed by atoms with E-state index in [0.717, 1.165) is 33.8 Å². The Hall–Kier alpha value is -2.66. The first-order valence-corrected chi connectivity index (χ1v) is 7.78. The Balaban J connectivity index is 1.91. The molecule has 0 amide bonds. The standard InChI is InChI=1S/C19H20FN3O/c1-12-9-14(5-8-19(12)24-2)16(11-21)18-10-17(22-23-18)13-3-6-15(20)7-4-13/h3-10,16H,11,21H2,1-2H3,(H,22,23). The van der Waals surface area contributed by atoms with Gasteiger partial charge in [-0.1, -0.05) is 12.1 Å². The zero-order chi connectivity index (χ0) is 17.1. The summed E-state index contributed by atoms with van der Waals surface area (Å²) in [6.07, 6.45) is 0. The van der Waals surface area contributed by atoms with Gasteiger partial charge < -0.3 is 10.5 Å². The number of halogens is 1. The highest BCUT2D eigenvalue weighted by Crippen LogP contribution is 2.29. The van der Waals surface area contributed by atoms with Crippen molar-refractivity contribution in [2.75, 3.05) is 13.7 Å². The Labute approximate surface area is 140 Å². The van der Waals surface area contributed by atoms with E-state index in [1.807, 2.05) is 25.1 Å². The average Bonchev–Trinajstić information content (AvgIpc) is 3.06. The highest BCUT2D eigenvalue weighted by atomic mass is 19.1. The molecule has 3 rings (SSSR count). The van der Waals surface area contributed by atoms with E-state index in [1.54, 1.807) is 19.2 Å². The molecule has 0 aliphatic heterocycles. The predicted octanol–water partition coefficient (Wildman–Crippen LogP) is 3.62. The molecule has 0 radical (unpaired) electrons. The highest BCUT2D eigenvalue weighted by Gasteiger charge is 2.17. The van der Waals surface area contributed by atoms with Gasteiger partial charge in [0.25, 0.3) is 0 Å². The van der Waals surface area contributed by atoms with Gasteiger partial charge in [0.2, 0.25) is 0 Å². The minimum Gasteiger partial charge on any atom is -0.496 e. The molecule has 3 aromatic rings. The number of aryl methyl sites for hydroxylation is 1. The number of aromatic amines is 1. The van der Waals surface area contributed by atoms with Crippen LogP contribution in [0.5, 0.6) is 5.75 Å². The van der Waals surface area contributed by atoms with E-state index >= 15 is 0 Å². The van der Waals surface area contributed by atoms with Gasteiger partial charge in [0.05, 0.1) is 12.8 Å². The van der Waals surface area contributed by atoms with Crippen LogP contribution in [0.1, 0.15) is 22.7 Å². The number of nitrogens with zero attached hydrogens (tertiary/aromatic N) is 1. The van der Waals surface area contributed by atoms with Crippen LogP contribution in [-0.2, 0) is 0 Å². The number of nitrogens with one attached hydrogen (secondary N) is 1. The summed E-state index contributed by atoms with van der Waals surface area (Å²) in [5.74, 6) is 0.602. The van der Waals surface area contributed by atoms with E-state index < -0.39 is 0 Å². The number of benzene rings is 2. The minimum atomic E-state index is -0.261. The van der Waals surface area contributed by atoms with E-state index in [9.17, 15) is 4.39 Å². The van der Waals surface area contributed by atoms with Crippen LogP contribution in [0, 0.1) is 12.7 Å². The molecule has 1 atom stereocenters. The highest BCUT2D eigenvalue weighted by molar-refractivity contribution is 5.59. The lowest BCUT2D eigenvalue weighted by Gasteiger charge is -2.15. The molecule has 5 heteroatoms. The Bertz CT molecular complexity index is 827. The van der Waals surface area contributed by atoms with Gasteiger partial charge in [-0.15, -0.1) is 0 Å². The molecule has 1 unspecified atom stereocenters. The lowest BCUT2D eigenvalue weighted by molar-refractivity contribution is 0.411. The Morgan fingerprint density at radius 3 is 2.54 bits per heavy atom. The summed E-state index contributed by atoms with van der Waals surface area (Å²) in [4.78, 5) is 0. The van der Waals surface area contributed by atoms with Crippen molar-refractivity contribution in [3.8, 4) is 17.0 Å². The quantitative estimate of drug-likeness (QED) is 0.753. The zero-order valence-corrected chi connectivity index (χ0v) is 13.7. The van der Waals surface area contributed by atoms with Crippen LogP contribution in [0.15, 0.2) is 48.5 Å². The first kappa shape index (κ1) is 16.2. The molecule has 2 aromatic carbocycles. The maximum atomic E-state index is 13.1. The third kappa shape index (κ3) is 3.16. The lowest BCUT2D eigenvalue weighted by atomic mass is 9.94. The van der Waals surface area contributed by atoms with Crippen molar-refractivity contribution in [1.82, 2.24) is 10.2 Å². The van der Waals surface area contributed by atoms with Crippen LogP contribution >= 0.6 is 0 Å². The van der Waals surface area contributed by atoms with Gasteiger partial charge in [-0.3, -0.25) is 5.10 Å². The fourth-order valence-corrected chi connectivity index (χ4v) is 2.84. The topological polar surface area (TPSA) is 63.9 Å². The number of aromatic nitrogens is 2. The van der Waals surface area contributed by atoms with Crippen molar-refractivity contribution in [3.05, 3.63) is 71.2 Å². The summed E-state index contributed by atoms with van der Waals surface area (Å²) >= 11 is 0. The number of H-pyrrole nitrogens is 1. The third-order valence-corrected chi connectivity index (χ3v) is 4.17. The van der Waals surface area contributed by atoms with Crippen molar-refractivity contribution in [2.45, 2.75) is 12.8 Å². The SMILES string of the molecule is COc1ccc(C(CN)c2cc(-c3ccc(F)cc3)n[nH]2)cc1C. The first-order valence-electron chi connectivity index (χ1n) is 7.78. The zero-order valence-electron chi connectivity index (χ0n) is 13.7. The molecule has 0 spiro atoms.